The van der Waals surface area contributed by atoms with Gasteiger partial charge in [-0.2, -0.15) is 0 Å². The van der Waals surface area contributed by atoms with E-state index in [0.29, 0.717) is 17.7 Å². The summed E-state index contributed by atoms with van der Waals surface area (Å²) in [6, 6.07) is 10.7. The SMILES string of the molecule is COCc1cccc(-c2ccc(O)c3c2C[C@H]2C[C@H]4[C@H](C(C)C)C(=O)C(C(N)=O)C(=O)[C@@]4(O)C(=O)C2C3=O)c1. The van der Waals surface area contributed by atoms with Gasteiger partial charge in [0, 0.05) is 18.9 Å². The summed E-state index contributed by atoms with van der Waals surface area (Å²) in [6.07, 6.45) is 0.261. The van der Waals surface area contributed by atoms with Crippen molar-refractivity contribution in [2.24, 2.45) is 41.2 Å². The summed E-state index contributed by atoms with van der Waals surface area (Å²) in [4.78, 5) is 66.5. The molecule has 6 atom stereocenters. The lowest BCUT2D eigenvalue weighted by molar-refractivity contribution is -0.182. The molecule has 2 aromatic rings. The van der Waals surface area contributed by atoms with Crippen LogP contribution in [0, 0.1) is 35.5 Å². The van der Waals surface area contributed by atoms with Crippen LogP contribution in [0.2, 0.25) is 0 Å². The van der Waals surface area contributed by atoms with Gasteiger partial charge in [-0.15, -0.1) is 0 Å². The first kappa shape index (κ1) is 26.9. The number of Topliss-reactive ketones (excluding diaryl/α,β-unsaturated/α-hetero) is 4. The lowest BCUT2D eigenvalue weighted by Crippen LogP contribution is -2.71. The third-order valence-corrected chi connectivity index (χ3v) is 8.75. The maximum absolute atomic E-state index is 13.9. The molecule has 2 saturated carbocycles. The number of hydrogen-bond acceptors (Lipinski definition) is 8. The molecule has 0 spiro atoms. The number of amides is 1. The number of aliphatic hydroxyl groups is 1. The zero-order valence-electron chi connectivity index (χ0n) is 22.0. The first-order valence-corrected chi connectivity index (χ1v) is 13.0. The number of benzene rings is 2. The number of methoxy groups -OCH3 is 1. The van der Waals surface area contributed by atoms with Gasteiger partial charge in [-0.25, -0.2) is 0 Å². The number of phenols is 1. The summed E-state index contributed by atoms with van der Waals surface area (Å²) in [5.41, 5.74) is 5.65. The zero-order chi connectivity index (χ0) is 28.4. The maximum atomic E-state index is 13.9. The van der Waals surface area contributed by atoms with E-state index in [-0.39, 0.29) is 24.2 Å². The molecule has 5 rings (SSSR count). The van der Waals surface area contributed by atoms with Crippen molar-refractivity contribution >= 4 is 29.0 Å². The third kappa shape index (κ3) is 3.86. The van der Waals surface area contributed by atoms with Gasteiger partial charge in [-0.3, -0.25) is 24.0 Å². The molecular weight excluding hydrogens is 502 g/mol. The Bertz CT molecular complexity index is 1430. The second-order valence-corrected chi connectivity index (χ2v) is 11.3. The molecule has 39 heavy (non-hydrogen) atoms. The van der Waals surface area contributed by atoms with Crippen molar-refractivity contribution in [3.05, 3.63) is 53.1 Å². The molecule has 0 aliphatic heterocycles. The standard InChI is InChI=1S/C30H31NO8/c1-13(2)21-19-11-16-10-18-17(15-6-4-5-14(9-15)12-39-3)7-8-20(32)23(18)26(34)22(16)27(35)30(19,38)28(36)24(25(21)33)29(31)37/h4-9,13,16,19,21-22,24,32,38H,10-12H2,1-3H3,(H2,31,37)/t16-,19-,21-,22?,24?,30-/m0/s1. The predicted molar refractivity (Wildman–Crippen MR) is 138 cm³/mol. The molecule has 0 saturated heterocycles. The van der Waals surface area contributed by atoms with Crippen molar-refractivity contribution < 1.29 is 38.9 Å². The van der Waals surface area contributed by atoms with Crippen LogP contribution in [0.3, 0.4) is 0 Å². The van der Waals surface area contributed by atoms with E-state index >= 15 is 0 Å². The summed E-state index contributed by atoms with van der Waals surface area (Å²) in [5, 5.41) is 22.4. The van der Waals surface area contributed by atoms with Gasteiger partial charge in [0.2, 0.25) is 5.91 Å². The number of ketones is 4. The smallest absolute Gasteiger partial charge is 0.235 e. The van der Waals surface area contributed by atoms with Crippen molar-refractivity contribution in [2.45, 2.75) is 38.9 Å². The molecule has 2 unspecified atom stereocenters. The van der Waals surface area contributed by atoms with Crippen molar-refractivity contribution in [3.63, 3.8) is 0 Å². The second kappa shape index (κ2) is 9.50. The van der Waals surface area contributed by atoms with Gasteiger partial charge < -0.3 is 20.7 Å². The molecule has 2 fully saturated rings. The summed E-state index contributed by atoms with van der Waals surface area (Å²) in [6.45, 7) is 3.83. The van der Waals surface area contributed by atoms with E-state index in [9.17, 15) is 34.2 Å². The minimum atomic E-state index is -2.70. The number of primary amides is 1. The molecule has 9 nitrogen and oxygen atoms in total. The van der Waals surface area contributed by atoms with Crippen molar-refractivity contribution in [3.8, 4) is 16.9 Å². The first-order valence-electron chi connectivity index (χ1n) is 13.0. The van der Waals surface area contributed by atoms with E-state index in [0.717, 1.165) is 11.1 Å². The number of phenolic OH excluding ortho intramolecular Hbond substituents is 1. The average Bonchev–Trinajstić information content (AvgIpc) is 2.86. The highest BCUT2D eigenvalue weighted by Crippen LogP contribution is 2.53. The Morgan fingerprint density at radius 1 is 1.13 bits per heavy atom. The van der Waals surface area contributed by atoms with Crippen molar-refractivity contribution in [2.75, 3.05) is 7.11 Å². The lowest BCUT2D eigenvalue weighted by atomic mass is 9.49. The van der Waals surface area contributed by atoms with Gasteiger partial charge in [-0.1, -0.05) is 38.1 Å². The van der Waals surface area contributed by atoms with Gasteiger partial charge in [0.25, 0.3) is 0 Å². The third-order valence-electron chi connectivity index (χ3n) is 8.75. The molecule has 9 heteroatoms. The van der Waals surface area contributed by atoms with E-state index in [4.69, 9.17) is 10.5 Å². The van der Waals surface area contributed by atoms with Crippen LogP contribution in [-0.4, -0.2) is 52.0 Å². The number of carbonyl (C=O) groups excluding carboxylic acids is 5. The number of aromatic hydroxyl groups is 1. The summed E-state index contributed by atoms with van der Waals surface area (Å²) < 4.78 is 5.24. The number of rotatable bonds is 5. The van der Waals surface area contributed by atoms with Crippen LogP contribution in [0.15, 0.2) is 36.4 Å². The molecule has 0 radical (unpaired) electrons. The van der Waals surface area contributed by atoms with Crippen LogP contribution < -0.4 is 5.73 Å². The highest BCUT2D eigenvalue weighted by Gasteiger charge is 2.69. The fraction of sp³-hybridized carbons (Fsp3) is 0.433. The van der Waals surface area contributed by atoms with E-state index in [1.54, 1.807) is 27.0 Å². The molecule has 3 aliphatic carbocycles. The predicted octanol–water partition coefficient (Wildman–Crippen LogP) is 2.02. The van der Waals surface area contributed by atoms with Gasteiger partial charge in [0.1, 0.15) is 5.75 Å². The van der Waals surface area contributed by atoms with E-state index < -0.39 is 70.1 Å². The maximum Gasteiger partial charge on any atom is 0.235 e. The van der Waals surface area contributed by atoms with E-state index in [1.807, 2.05) is 24.3 Å². The topological polar surface area (TPSA) is 161 Å². The fourth-order valence-electron chi connectivity index (χ4n) is 7.12. The molecule has 204 valence electrons. The van der Waals surface area contributed by atoms with Crippen LogP contribution >= 0.6 is 0 Å². The fourth-order valence-corrected chi connectivity index (χ4v) is 7.12. The van der Waals surface area contributed by atoms with Crippen LogP contribution in [-0.2, 0) is 36.9 Å². The Morgan fingerprint density at radius 3 is 2.49 bits per heavy atom. The van der Waals surface area contributed by atoms with Crippen LogP contribution in [0.4, 0.5) is 0 Å². The molecule has 4 N–H and O–H groups in total. The molecule has 0 bridgehead atoms. The van der Waals surface area contributed by atoms with Crippen molar-refractivity contribution in [1.82, 2.24) is 0 Å². The monoisotopic (exact) mass is 533 g/mol. The van der Waals surface area contributed by atoms with Crippen LogP contribution in [0.25, 0.3) is 11.1 Å². The minimum Gasteiger partial charge on any atom is -0.507 e. The van der Waals surface area contributed by atoms with Gasteiger partial charge in [0.15, 0.2) is 34.7 Å². The first-order chi connectivity index (χ1) is 18.4. The summed E-state index contributed by atoms with van der Waals surface area (Å²) in [5.74, 6) is -11.6. The van der Waals surface area contributed by atoms with Gasteiger partial charge in [-0.05, 0) is 59.1 Å². The van der Waals surface area contributed by atoms with Crippen LogP contribution in [0.5, 0.6) is 5.75 Å². The summed E-state index contributed by atoms with van der Waals surface area (Å²) >= 11 is 0. The highest BCUT2D eigenvalue weighted by molar-refractivity contribution is 6.32. The highest BCUT2D eigenvalue weighted by atomic mass is 16.5. The Hall–Kier alpha value is -3.69. The number of ether oxygens (including phenoxy) is 1. The molecule has 0 aromatic heterocycles. The van der Waals surface area contributed by atoms with E-state index in [2.05, 4.69) is 0 Å². The van der Waals surface area contributed by atoms with Crippen LogP contribution in [0.1, 0.15) is 41.8 Å². The normalized spacial score (nSPS) is 30.1. The Kier molecular flexibility index (Phi) is 6.55. The number of nitrogens with two attached hydrogens (primary N) is 1. The molecule has 2 aromatic carbocycles. The zero-order valence-corrected chi connectivity index (χ0v) is 22.0. The second-order valence-electron chi connectivity index (χ2n) is 11.3. The summed E-state index contributed by atoms with van der Waals surface area (Å²) in [7, 11) is 1.59. The number of carbonyl (C=O) groups is 5. The number of fused-ring (bicyclic) bond motifs is 3. The lowest BCUT2D eigenvalue weighted by Gasteiger charge is -2.52. The Balaban J connectivity index is 1.64. The van der Waals surface area contributed by atoms with E-state index in [1.165, 1.54) is 6.07 Å². The Morgan fingerprint density at radius 2 is 1.85 bits per heavy atom. The van der Waals surface area contributed by atoms with Gasteiger partial charge >= 0.3 is 0 Å². The molecule has 0 heterocycles. The molecular formula is C30H31NO8. The van der Waals surface area contributed by atoms with Gasteiger partial charge in [0.05, 0.1) is 18.1 Å². The quantitative estimate of drug-likeness (QED) is 0.492. The molecule has 3 aliphatic rings. The average molecular weight is 534 g/mol. The molecule has 1 amide bonds. The Labute approximate surface area is 225 Å². The number of hydrogen-bond donors (Lipinski definition) is 3. The minimum absolute atomic E-state index is 0.0208. The largest absolute Gasteiger partial charge is 0.507 e. The van der Waals surface area contributed by atoms with Crippen molar-refractivity contribution in [1.29, 1.82) is 0 Å².